The summed E-state index contributed by atoms with van der Waals surface area (Å²) in [5.41, 5.74) is 0. The van der Waals surface area contributed by atoms with Gasteiger partial charge in [0.25, 0.3) is 0 Å². The van der Waals surface area contributed by atoms with E-state index in [1.54, 1.807) is 0 Å². The molecule has 0 aromatic rings. The molecular formula is C19H43O7PTi. The van der Waals surface area contributed by atoms with Gasteiger partial charge in [-0.05, 0) is 26.7 Å². The van der Waals surface area contributed by atoms with Crippen LogP contribution < -0.4 is 0 Å². The Hall–Kier alpha value is 0.544. The molecule has 0 fully saturated rings. The number of hydrogen-bond acceptors (Lipinski definition) is 5. The fourth-order valence-electron chi connectivity index (χ4n) is 2.47. The average molecular weight is 462 g/mol. The first-order chi connectivity index (χ1) is 13.3. The van der Waals surface area contributed by atoms with Crippen LogP contribution in [0.3, 0.4) is 0 Å². The topological polar surface area (TPSA) is 102 Å². The second-order valence-electron chi connectivity index (χ2n) is 7.09. The quantitative estimate of drug-likeness (QED) is 0.145. The normalized spacial score (nSPS) is 11.4. The van der Waals surface area contributed by atoms with E-state index >= 15 is 0 Å². The Morgan fingerprint density at radius 3 is 1.39 bits per heavy atom. The first-order valence-corrected chi connectivity index (χ1v) is 14.3. The van der Waals surface area contributed by atoms with Gasteiger partial charge in [-0.25, -0.2) is 4.57 Å². The van der Waals surface area contributed by atoms with E-state index in [1.807, 2.05) is 13.8 Å². The van der Waals surface area contributed by atoms with Gasteiger partial charge in [0.05, 0.1) is 19.3 Å². The summed E-state index contributed by atoms with van der Waals surface area (Å²) in [6.45, 7) is 9.04. The summed E-state index contributed by atoms with van der Waals surface area (Å²) in [5, 5.41) is 0. The van der Waals surface area contributed by atoms with Gasteiger partial charge >= 0.3 is 37.1 Å². The first kappa shape index (κ1) is 30.7. The first-order valence-electron chi connectivity index (χ1n) is 10.8. The van der Waals surface area contributed by atoms with Crippen LogP contribution in [-0.4, -0.2) is 26.7 Å². The Labute approximate surface area is 179 Å². The summed E-state index contributed by atoms with van der Waals surface area (Å²) in [6, 6.07) is 0. The van der Waals surface area contributed by atoms with Crippen LogP contribution in [0.5, 0.6) is 0 Å². The van der Waals surface area contributed by atoms with E-state index in [0.29, 0.717) is 13.2 Å². The number of phosphoric ester groups is 1. The van der Waals surface area contributed by atoms with Gasteiger partial charge in [-0.3, -0.25) is 13.6 Å². The van der Waals surface area contributed by atoms with Crippen molar-refractivity contribution in [3.8, 4) is 0 Å². The van der Waals surface area contributed by atoms with Crippen molar-refractivity contribution < 1.29 is 47.5 Å². The molecule has 0 aromatic carbocycles. The van der Waals surface area contributed by atoms with Crippen LogP contribution in [0.15, 0.2) is 0 Å². The van der Waals surface area contributed by atoms with E-state index < -0.39 is 26.4 Å². The summed E-state index contributed by atoms with van der Waals surface area (Å²) in [7, 11) is -3.40. The maximum atomic E-state index is 12.6. The molecule has 0 aliphatic carbocycles. The van der Waals surface area contributed by atoms with Gasteiger partial charge in [0.1, 0.15) is 0 Å². The van der Waals surface area contributed by atoms with Crippen LogP contribution in [-0.2, 0) is 40.1 Å². The Morgan fingerprint density at radius 2 is 1.07 bits per heavy atom. The Morgan fingerprint density at radius 1 is 0.750 bits per heavy atom. The van der Waals surface area contributed by atoms with Gasteiger partial charge in [0.15, 0.2) is 0 Å². The third-order valence-electron chi connectivity index (χ3n) is 3.83. The molecule has 0 radical (unpaired) electrons. The van der Waals surface area contributed by atoms with Gasteiger partial charge in [0, 0.05) is 0 Å². The zero-order valence-electron chi connectivity index (χ0n) is 18.4. The van der Waals surface area contributed by atoms with Crippen molar-refractivity contribution in [3.63, 3.8) is 0 Å². The maximum absolute atomic E-state index is 12.6. The molecule has 9 heteroatoms. The van der Waals surface area contributed by atoms with Crippen molar-refractivity contribution in [1.29, 1.82) is 0 Å². The molecule has 28 heavy (non-hydrogen) atoms. The average Bonchev–Trinajstić information content (AvgIpc) is 2.59. The van der Waals surface area contributed by atoms with Crippen molar-refractivity contribution in [1.82, 2.24) is 0 Å². The Kier molecular flexibility index (Phi) is 24.4. The van der Waals surface area contributed by atoms with Crippen molar-refractivity contribution >= 4 is 7.82 Å². The standard InChI is InChI=1S/C19H41O4P.2H2O.O.Ti/c1-5-7-9-11-13-15-17-21-24(20,23-19(3)4)22-18-16-14-12-10-8-6-2;;;;/h19H,5-18H2,1-4H3;2*1H2;;/q;;;;+2/p-2. The third kappa shape index (κ3) is 26.5. The molecule has 0 atom stereocenters. The van der Waals surface area contributed by atoms with Crippen LogP contribution in [0.4, 0.5) is 0 Å². The van der Waals surface area contributed by atoms with Crippen molar-refractivity contribution in [2.75, 3.05) is 13.2 Å². The molecule has 0 heterocycles. The zero-order valence-corrected chi connectivity index (χ0v) is 20.8. The molecule has 0 saturated carbocycles. The zero-order chi connectivity index (χ0) is 21.7. The van der Waals surface area contributed by atoms with Crippen LogP contribution in [0.1, 0.15) is 105 Å². The molecular weight excluding hydrogens is 419 g/mol. The molecule has 0 aliphatic rings. The molecule has 0 amide bonds. The Balaban J connectivity index is 0. The number of rotatable bonds is 18. The predicted octanol–water partition coefficient (Wildman–Crippen LogP) is 6.04. The van der Waals surface area contributed by atoms with E-state index in [1.165, 1.54) is 51.4 Å². The fraction of sp³-hybridized carbons (Fsp3) is 1.00. The molecule has 0 spiro atoms. The number of hydrogen-bond donors (Lipinski definition) is 2. The number of phosphoric acid groups is 1. The molecule has 2 N–H and O–H groups in total. The van der Waals surface area contributed by atoms with E-state index in [4.69, 9.17) is 24.3 Å². The predicted molar refractivity (Wildman–Crippen MR) is 108 cm³/mol. The van der Waals surface area contributed by atoms with Crippen molar-refractivity contribution in [2.24, 2.45) is 0 Å². The molecule has 0 aromatic heterocycles. The fourth-order valence-corrected chi connectivity index (χ4v) is 3.89. The van der Waals surface area contributed by atoms with E-state index in [0.717, 1.165) is 25.7 Å². The van der Waals surface area contributed by atoms with E-state index in [-0.39, 0.29) is 6.10 Å². The molecule has 170 valence electrons. The van der Waals surface area contributed by atoms with E-state index in [9.17, 15) is 4.57 Å². The van der Waals surface area contributed by atoms with Crippen LogP contribution in [0.25, 0.3) is 0 Å². The van der Waals surface area contributed by atoms with Crippen LogP contribution >= 0.6 is 7.82 Å². The Bertz CT molecular complexity index is 368. The molecule has 7 nitrogen and oxygen atoms in total. The summed E-state index contributed by atoms with van der Waals surface area (Å²) < 4.78 is 52.3. The summed E-state index contributed by atoms with van der Waals surface area (Å²) >= 11 is -3.58. The molecule has 0 bridgehead atoms. The van der Waals surface area contributed by atoms with Gasteiger partial charge in [0.2, 0.25) is 0 Å². The van der Waals surface area contributed by atoms with Crippen molar-refractivity contribution in [3.05, 3.63) is 0 Å². The van der Waals surface area contributed by atoms with Gasteiger partial charge in [-0.15, -0.1) is 0 Å². The summed E-state index contributed by atoms with van der Waals surface area (Å²) in [6.07, 6.45) is 13.9. The summed E-state index contributed by atoms with van der Waals surface area (Å²) in [4.78, 5) is 0. The third-order valence-corrected chi connectivity index (χ3v) is 5.51. The van der Waals surface area contributed by atoms with Crippen molar-refractivity contribution in [2.45, 2.75) is 111 Å². The molecule has 0 saturated heterocycles. The van der Waals surface area contributed by atoms with Crippen LogP contribution in [0.2, 0.25) is 0 Å². The second kappa shape index (κ2) is 22.2. The molecule has 0 aliphatic heterocycles. The van der Waals surface area contributed by atoms with Crippen LogP contribution in [0, 0.1) is 0 Å². The van der Waals surface area contributed by atoms with Gasteiger partial charge in [-0.2, -0.15) is 0 Å². The van der Waals surface area contributed by atoms with Gasteiger partial charge < -0.3 is 0 Å². The minimum atomic E-state index is -3.58. The monoisotopic (exact) mass is 462 g/mol. The number of unbranched alkanes of at least 4 members (excludes halogenated alkanes) is 10. The summed E-state index contributed by atoms with van der Waals surface area (Å²) in [5.74, 6) is 0. The molecule has 0 unspecified atom stereocenters. The second-order valence-corrected chi connectivity index (χ2v) is 9.59. The SMILES string of the molecule is CCCCCCCCOP(=O)(OCCCCCCCC)OC(C)C.[O]=[Ti]([OH])[OH]. The van der Waals surface area contributed by atoms with Gasteiger partial charge in [-0.1, -0.05) is 78.1 Å². The minimum absolute atomic E-state index is 0.162. The van der Waals surface area contributed by atoms with E-state index in [2.05, 4.69) is 13.8 Å². The molecule has 0 rings (SSSR count).